The number of halogens is 4. The van der Waals surface area contributed by atoms with Crippen LogP contribution < -0.4 is 10.1 Å². The zero-order valence-corrected chi connectivity index (χ0v) is 16.6. The molecule has 3 aromatic rings. The van der Waals surface area contributed by atoms with E-state index in [0.29, 0.717) is 11.0 Å². The van der Waals surface area contributed by atoms with Crippen LogP contribution in [0.15, 0.2) is 36.1 Å². The lowest BCUT2D eigenvalue weighted by Gasteiger charge is -2.15. The summed E-state index contributed by atoms with van der Waals surface area (Å²) in [6.07, 6.45) is -1.98. The minimum atomic E-state index is -4.89. The van der Waals surface area contributed by atoms with Gasteiger partial charge in [-0.1, -0.05) is 11.6 Å². The molecule has 0 radical (unpaired) electrons. The van der Waals surface area contributed by atoms with Gasteiger partial charge in [0.1, 0.15) is 12.1 Å². The van der Waals surface area contributed by atoms with Crippen LogP contribution in [0.25, 0.3) is 5.13 Å². The Morgan fingerprint density at radius 2 is 2.07 bits per heavy atom. The molecule has 0 aliphatic rings. The highest BCUT2D eigenvalue weighted by molar-refractivity contribution is 7.59. The van der Waals surface area contributed by atoms with Crippen LogP contribution in [0, 0.1) is 0 Å². The van der Waals surface area contributed by atoms with Crippen LogP contribution in [0.5, 0.6) is 5.75 Å². The first-order valence-corrected chi connectivity index (χ1v) is 8.65. The normalized spacial score (nSPS) is 12.2. The molecule has 2 aromatic heterocycles. The molecule has 7 nitrogen and oxygen atoms in total. The Bertz CT molecular complexity index is 950. The maximum atomic E-state index is 12.4. The molecule has 1 N–H and O–H groups in total. The predicted octanol–water partition coefficient (Wildman–Crippen LogP) is 3.88. The summed E-state index contributed by atoms with van der Waals surface area (Å²) in [5.74, 6) is -0.823. The summed E-state index contributed by atoms with van der Waals surface area (Å²) in [5, 5.41) is 8.96. The van der Waals surface area contributed by atoms with Crippen LogP contribution in [-0.2, 0) is 0 Å². The van der Waals surface area contributed by atoms with Gasteiger partial charge in [-0.05, 0) is 25.1 Å². The first-order valence-electron chi connectivity index (χ1n) is 7.40. The van der Waals surface area contributed by atoms with Gasteiger partial charge in [0, 0.05) is 22.2 Å². The van der Waals surface area contributed by atoms with E-state index in [9.17, 15) is 18.0 Å². The molecule has 28 heavy (non-hydrogen) atoms. The average molecular weight is 452 g/mol. The van der Waals surface area contributed by atoms with Crippen molar-refractivity contribution in [2.75, 3.05) is 0 Å². The molecule has 1 aromatic carbocycles. The summed E-state index contributed by atoms with van der Waals surface area (Å²) in [6.45, 7) is 1.66. The molecule has 1 amide bonds. The number of alkyl halides is 3. The number of nitrogens with one attached hydrogen (secondary N) is 1. The van der Waals surface area contributed by atoms with E-state index in [0.717, 1.165) is 12.1 Å². The number of aromatic nitrogens is 4. The first kappa shape index (κ1) is 22.0. The summed E-state index contributed by atoms with van der Waals surface area (Å²) in [6, 6.07) is 2.55. The van der Waals surface area contributed by atoms with E-state index >= 15 is 0 Å². The molecule has 0 unspecified atom stereocenters. The Hall–Kier alpha value is -2.31. The van der Waals surface area contributed by atoms with Crippen molar-refractivity contribution in [3.05, 3.63) is 52.5 Å². The summed E-state index contributed by atoms with van der Waals surface area (Å²) in [4.78, 5) is 20.7. The van der Waals surface area contributed by atoms with Crippen LogP contribution in [0.2, 0.25) is 5.02 Å². The van der Waals surface area contributed by atoms with Gasteiger partial charge in [-0.2, -0.15) is 23.3 Å². The van der Waals surface area contributed by atoms with Gasteiger partial charge in [0.05, 0.1) is 6.04 Å². The number of nitrogens with zero attached hydrogens (tertiary/aromatic N) is 4. The Labute approximate surface area is 173 Å². The minimum absolute atomic E-state index is 0. The molecule has 2 heterocycles. The summed E-state index contributed by atoms with van der Waals surface area (Å²) >= 11 is 7.12. The van der Waals surface area contributed by atoms with Gasteiger partial charge in [0.25, 0.3) is 5.91 Å². The van der Waals surface area contributed by atoms with Gasteiger partial charge < -0.3 is 10.1 Å². The van der Waals surface area contributed by atoms with Gasteiger partial charge in [-0.15, -0.1) is 24.5 Å². The maximum absolute atomic E-state index is 12.4. The molecule has 0 spiro atoms. The van der Waals surface area contributed by atoms with Gasteiger partial charge in [-0.25, -0.2) is 9.97 Å². The maximum Gasteiger partial charge on any atom is 0.573 e. The van der Waals surface area contributed by atoms with Crippen molar-refractivity contribution in [3.63, 3.8) is 0 Å². The topological polar surface area (TPSA) is 81.9 Å². The zero-order chi connectivity index (χ0) is 19.6. The fraction of sp³-hybridized carbons (Fsp3) is 0.200. The molecule has 0 bridgehead atoms. The largest absolute Gasteiger partial charge is 0.573 e. The van der Waals surface area contributed by atoms with Crippen molar-refractivity contribution in [3.8, 4) is 10.9 Å². The first-order chi connectivity index (χ1) is 12.7. The average Bonchev–Trinajstić information content (AvgIpc) is 3.23. The third kappa shape index (κ3) is 5.36. The highest BCUT2D eigenvalue weighted by atomic mass is 35.5. The standard InChI is InChI=1S/C15H11ClF3N5O2S.H2S/c1-8(12-21-7-22-24(12)14-20-2-3-27-14)23-13(25)9-4-10(16)6-11(5-9)26-15(17,18)19;/h2-8H,1H3,(H,23,25);1H2/t8-;/m0./s1. The summed E-state index contributed by atoms with van der Waals surface area (Å²) < 4.78 is 42.5. The Morgan fingerprint density at radius 3 is 2.71 bits per heavy atom. The van der Waals surface area contributed by atoms with Crippen molar-refractivity contribution in [1.82, 2.24) is 25.1 Å². The molecule has 1 atom stereocenters. The van der Waals surface area contributed by atoms with E-state index < -0.39 is 24.1 Å². The zero-order valence-electron chi connectivity index (χ0n) is 14.1. The van der Waals surface area contributed by atoms with Crippen LogP contribution in [0.4, 0.5) is 13.2 Å². The fourth-order valence-corrected chi connectivity index (χ4v) is 3.08. The molecular weight excluding hydrogens is 439 g/mol. The van der Waals surface area contributed by atoms with Gasteiger partial charge in [0.15, 0.2) is 5.82 Å². The molecule has 0 fully saturated rings. The number of thiazole rings is 1. The number of hydrogen-bond acceptors (Lipinski definition) is 6. The molecule has 0 saturated heterocycles. The number of carbonyl (C=O) groups is 1. The van der Waals surface area contributed by atoms with E-state index in [1.807, 2.05) is 0 Å². The van der Waals surface area contributed by atoms with Crippen molar-refractivity contribution in [2.24, 2.45) is 0 Å². The van der Waals surface area contributed by atoms with Crippen LogP contribution in [0.3, 0.4) is 0 Å². The second-order valence-corrected chi connectivity index (χ2v) is 6.57. The minimum Gasteiger partial charge on any atom is -0.406 e. The van der Waals surface area contributed by atoms with Crippen LogP contribution >= 0.6 is 36.4 Å². The number of ether oxygens (including phenoxy) is 1. The SMILES string of the molecule is C[C@H](NC(=O)c1cc(Cl)cc(OC(F)(F)F)c1)c1ncnn1-c1nccs1.S. The van der Waals surface area contributed by atoms with Crippen LogP contribution in [0.1, 0.15) is 29.1 Å². The fourth-order valence-electron chi connectivity index (χ4n) is 2.24. The number of hydrogen-bond donors (Lipinski definition) is 1. The second-order valence-electron chi connectivity index (χ2n) is 5.26. The highest BCUT2D eigenvalue weighted by Crippen LogP contribution is 2.27. The van der Waals surface area contributed by atoms with E-state index in [-0.39, 0.29) is 24.1 Å². The van der Waals surface area contributed by atoms with Crippen molar-refractivity contribution in [1.29, 1.82) is 0 Å². The molecule has 3 rings (SSSR count). The Kier molecular flexibility index (Phi) is 6.91. The highest BCUT2D eigenvalue weighted by Gasteiger charge is 2.31. The van der Waals surface area contributed by atoms with E-state index in [1.54, 1.807) is 18.5 Å². The number of rotatable bonds is 5. The summed E-state index contributed by atoms with van der Waals surface area (Å²) in [5.41, 5.74) is -0.0890. The van der Waals surface area contributed by atoms with Gasteiger partial charge >= 0.3 is 6.36 Å². The third-order valence-electron chi connectivity index (χ3n) is 3.28. The van der Waals surface area contributed by atoms with Gasteiger partial charge in [0.2, 0.25) is 5.13 Å². The second kappa shape index (κ2) is 8.80. The van der Waals surface area contributed by atoms with E-state index in [4.69, 9.17) is 11.6 Å². The lowest BCUT2D eigenvalue weighted by Crippen LogP contribution is -2.29. The summed E-state index contributed by atoms with van der Waals surface area (Å²) in [7, 11) is 0. The van der Waals surface area contributed by atoms with E-state index in [1.165, 1.54) is 28.4 Å². The molecule has 13 heteroatoms. The number of amides is 1. The monoisotopic (exact) mass is 451 g/mol. The molecule has 150 valence electrons. The van der Waals surface area contributed by atoms with Crippen molar-refractivity contribution >= 4 is 42.3 Å². The van der Waals surface area contributed by atoms with Crippen molar-refractivity contribution < 1.29 is 22.7 Å². The molecule has 0 aliphatic carbocycles. The predicted molar refractivity (Wildman–Crippen MR) is 101 cm³/mol. The Balaban J connectivity index is 0.00000280. The van der Waals surface area contributed by atoms with Gasteiger partial charge in [-0.3, -0.25) is 4.79 Å². The number of benzene rings is 1. The molecule has 0 saturated carbocycles. The number of carbonyl (C=O) groups excluding carboxylic acids is 1. The molecular formula is C15H13ClF3N5O2S2. The lowest BCUT2D eigenvalue weighted by molar-refractivity contribution is -0.274. The molecule has 0 aliphatic heterocycles. The smallest absolute Gasteiger partial charge is 0.406 e. The Morgan fingerprint density at radius 1 is 1.32 bits per heavy atom. The quantitative estimate of drug-likeness (QED) is 0.636. The third-order valence-corrected chi connectivity index (χ3v) is 4.24. The van der Waals surface area contributed by atoms with E-state index in [2.05, 4.69) is 25.1 Å². The lowest BCUT2D eigenvalue weighted by atomic mass is 10.2. The van der Waals surface area contributed by atoms with Crippen molar-refractivity contribution in [2.45, 2.75) is 19.3 Å². The van der Waals surface area contributed by atoms with Crippen LogP contribution in [-0.4, -0.2) is 32.0 Å².